The van der Waals surface area contributed by atoms with E-state index in [-0.39, 0.29) is 0 Å². The van der Waals surface area contributed by atoms with Crippen molar-refractivity contribution in [3.05, 3.63) is 59.2 Å². The molecule has 0 aromatic heterocycles. The highest BCUT2D eigenvalue weighted by Crippen LogP contribution is 2.22. The van der Waals surface area contributed by atoms with Crippen LogP contribution in [0.1, 0.15) is 16.7 Å². The first-order valence-electron chi connectivity index (χ1n) is 6.66. The maximum atomic E-state index is 9.00. The summed E-state index contributed by atoms with van der Waals surface area (Å²) in [4.78, 5) is 0. The van der Waals surface area contributed by atoms with Crippen LogP contribution in [0.2, 0.25) is 0 Å². The summed E-state index contributed by atoms with van der Waals surface area (Å²) in [6.07, 6.45) is 0. The summed E-state index contributed by atoms with van der Waals surface area (Å²) in [5.41, 5.74) is 3.68. The summed E-state index contributed by atoms with van der Waals surface area (Å²) in [5, 5.41) is 12.4. The molecular weight excluding hydrogens is 264 g/mol. The zero-order valence-electron chi connectivity index (χ0n) is 12.2. The van der Waals surface area contributed by atoms with Gasteiger partial charge in [-0.2, -0.15) is 5.26 Å². The Kier molecular flexibility index (Phi) is 5.19. The number of anilines is 1. The van der Waals surface area contributed by atoms with Gasteiger partial charge in [-0.15, -0.1) is 0 Å². The van der Waals surface area contributed by atoms with E-state index in [1.54, 1.807) is 20.3 Å². The standard InChI is InChI=1S/C17H18N2O2/c1-20-12-14-5-3-4-6-16(14)19-11-15-9-13(10-18)7-8-17(15)21-2/h3-9,19H,11-12H2,1-2H3. The molecule has 0 bridgehead atoms. The van der Waals surface area contributed by atoms with Crippen LogP contribution in [0, 0.1) is 11.3 Å². The molecule has 0 spiro atoms. The third kappa shape index (κ3) is 3.74. The molecule has 0 aliphatic rings. The molecule has 0 aliphatic heterocycles. The molecule has 0 radical (unpaired) electrons. The Morgan fingerprint density at radius 3 is 2.62 bits per heavy atom. The zero-order valence-corrected chi connectivity index (χ0v) is 12.2. The van der Waals surface area contributed by atoms with E-state index in [0.29, 0.717) is 18.7 Å². The second-order valence-corrected chi connectivity index (χ2v) is 4.58. The molecule has 2 rings (SSSR count). The van der Waals surface area contributed by atoms with Gasteiger partial charge in [0.25, 0.3) is 0 Å². The van der Waals surface area contributed by atoms with Crippen LogP contribution in [0.5, 0.6) is 5.75 Å². The predicted molar refractivity (Wildman–Crippen MR) is 82.2 cm³/mol. The lowest BCUT2D eigenvalue weighted by atomic mass is 10.1. The first kappa shape index (κ1) is 14.9. The maximum Gasteiger partial charge on any atom is 0.123 e. The molecule has 4 nitrogen and oxygen atoms in total. The van der Waals surface area contributed by atoms with E-state index in [4.69, 9.17) is 14.7 Å². The molecule has 108 valence electrons. The Balaban J connectivity index is 2.18. The van der Waals surface area contributed by atoms with Gasteiger partial charge < -0.3 is 14.8 Å². The van der Waals surface area contributed by atoms with Crippen molar-refractivity contribution in [2.75, 3.05) is 19.5 Å². The minimum atomic E-state index is 0.554. The van der Waals surface area contributed by atoms with Crippen molar-refractivity contribution < 1.29 is 9.47 Å². The van der Waals surface area contributed by atoms with Crippen molar-refractivity contribution in [1.29, 1.82) is 5.26 Å². The zero-order chi connectivity index (χ0) is 15.1. The summed E-state index contributed by atoms with van der Waals surface area (Å²) in [6, 6.07) is 15.5. The molecule has 0 fully saturated rings. The van der Waals surface area contributed by atoms with Gasteiger partial charge in [-0.1, -0.05) is 18.2 Å². The van der Waals surface area contributed by atoms with Crippen LogP contribution in [0.15, 0.2) is 42.5 Å². The molecule has 2 aromatic carbocycles. The molecule has 2 aromatic rings. The highest BCUT2D eigenvalue weighted by Gasteiger charge is 2.06. The average Bonchev–Trinajstić information content (AvgIpc) is 2.54. The van der Waals surface area contributed by atoms with E-state index < -0.39 is 0 Å². The summed E-state index contributed by atoms with van der Waals surface area (Å²) in [5.74, 6) is 0.769. The third-order valence-corrected chi connectivity index (χ3v) is 3.20. The van der Waals surface area contributed by atoms with Crippen LogP contribution >= 0.6 is 0 Å². The molecule has 1 N–H and O–H groups in total. The van der Waals surface area contributed by atoms with Gasteiger partial charge in [0.15, 0.2) is 0 Å². The van der Waals surface area contributed by atoms with Gasteiger partial charge in [0.1, 0.15) is 5.75 Å². The van der Waals surface area contributed by atoms with E-state index >= 15 is 0 Å². The van der Waals surface area contributed by atoms with Crippen LogP contribution in [-0.2, 0) is 17.9 Å². The van der Waals surface area contributed by atoms with E-state index in [9.17, 15) is 0 Å². The molecule has 21 heavy (non-hydrogen) atoms. The van der Waals surface area contributed by atoms with E-state index in [0.717, 1.165) is 22.6 Å². The minimum Gasteiger partial charge on any atom is -0.496 e. The van der Waals surface area contributed by atoms with Gasteiger partial charge in [0, 0.05) is 30.5 Å². The van der Waals surface area contributed by atoms with Crippen molar-refractivity contribution in [3.8, 4) is 11.8 Å². The lowest BCUT2D eigenvalue weighted by Gasteiger charge is -2.13. The molecule has 0 saturated heterocycles. The quantitative estimate of drug-likeness (QED) is 0.883. The Morgan fingerprint density at radius 2 is 1.90 bits per heavy atom. The minimum absolute atomic E-state index is 0.554. The largest absolute Gasteiger partial charge is 0.496 e. The number of hydrogen-bond acceptors (Lipinski definition) is 4. The van der Waals surface area contributed by atoms with E-state index in [1.807, 2.05) is 36.4 Å². The molecule has 0 atom stereocenters. The SMILES string of the molecule is COCc1ccccc1NCc1cc(C#N)ccc1OC. The van der Waals surface area contributed by atoms with E-state index in [1.165, 1.54) is 0 Å². The molecule has 0 amide bonds. The number of hydrogen-bond donors (Lipinski definition) is 1. The Hall–Kier alpha value is -2.51. The summed E-state index contributed by atoms with van der Waals surface area (Å²) >= 11 is 0. The monoisotopic (exact) mass is 282 g/mol. The van der Waals surface area contributed by atoms with Crippen molar-refractivity contribution in [2.24, 2.45) is 0 Å². The number of nitrogens with one attached hydrogen (secondary N) is 1. The number of nitriles is 1. The molecule has 0 heterocycles. The van der Waals surface area contributed by atoms with E-state index in [2.05, 4.69) is 11.4 Å². The first-order valence-corrected chi connectivity index (χ1v) is 6.66. The fraction of sp³-hybridized carbons (Fsp3) is 0.235. The predicted octanol–water partition coefficient (Wildman–Crippen LogP) is 3.33. The van der Waals surface area contributed by atoms with Crippen LogP contribution in [0.4, 0.5) is 5.69 Å². The molecule has 0 unspecified atom stereocenters. The fourth-order valence-electron chi connectivity index (χ4n) is 2.15. The van der Waals surface area contributed by atoms with Gasteiger partial charge in [-0.3, -0.25) is 0 Å². The second kappa shape index (κ2) is 7.32. The third-order valence-electron chi connectivity index (χ3n) is 3.20. The van der Waals surface area contributed by atoms with Crippen LogP contribution in [0.3, 0.4) is 0 Å². The Labute approximate surface area is 124 Å². The molecule has 4 heteroatoms. The molecule has 0 aliphatic carbocycles. The lowest BCUT2D eigenvalue weighted by molar-refractivity contribution is 0.185. The number of methoxy groups -OCH3 is 2. The number of para-hydroxylation sites is 1. The van der Waals surface area contributed by atoms with Crippen molar-refractivity contribution in [1.82, 2.24) is 0 Å². The number of benzene rings is 2. The molecule has 0 saturated carbocycles. The number of ether oxygens (including phenoxy) is 2. The van der Waals surface area contributed by atoms with Gasteiger partial charge >= 0.3 is 0 Å². The highest BCUT2D eigenvalue weighted by molar-refractivity contribution is 5.52. The van der Waals surface area contributed by atoms with Gasteiger partial charge in [-0.25, -0.2) is 0 Å². The van der Waals surface area contributed by atoms with Crippen molar-refractivity contribution >= 4 is 5.69 Å². The highest BCUT2D eigenvalue weighted by atomic mass is 16.5. The smallest absolute Gasteiger partial charge is 0.123 e. The second-order valence-electron chi connectivity index (χ2n) is 4.58. The topological polar surface area (TPSA) is 54.3 Å². The Morgan fingerprint density at radius 1 is 1.10 bits per heavy atom. The average molecular weight is 282 g/mol. The maximum absolute atomic E-state index is 9.00. The lowest BCUT2D eigenvalue weighted by Crippen LogP contribution is -2.05. The van der Waals surface area contributed by atoms with Gasteiger partial charge in [0.05, 0.1) is 25.3 Å². The van der Waals surface area contributed by atoms with Crippen molar-refractivity contribution in [3.63, 3.8) is 0 Å². The number of rotatable bonds is 6. The number of nitrogens with zero attached hydrogens (tertiary/aromatic N) is 1. The molecular formula is C17H18N2O2. The summed E-state index contributed by atoms with van der Waals surface area (Å²) in [7, 11) is 3.31. The van der Waals surface area contributed by atoms with Crippen LogP contribution < -0.4 is 10.1 Å². The van der Waals surface area contributed by atoms with Gasteiger partial charge in [0.2, 0.25) is 0 Å². The fourth-order valence-corrected chi connectivity index (χ4v) is 2.15. The Bertz CT molecular complexity index is 647. The van der Waals surface area contributed by atoms with Gasteiger partial charge in [-0.05, 0) is 24.3 Å². The van der Waals surface area contributed by atoms with Crippen molar-refractivity contribution in [2.45, 2.75) is 13.2 Å². The summed E-state index contributed by atoms with van der Waals surface area (Å²) in [6.45, 7) is 1.14. The normalized spacial score (nSPS) is 9.95. The van der Waals surface area contributed by atoms with Crippen LogP contribution in [-0.4, -0.2) is 14.2 Å². The summed E-state index contributed by atoms with van der Waals surface area (Å²) < 4.78 is 10.5. The van der Waals surface area contributed by atoms with Crippen LogP contribution in [0.25, 0.3) is 0 Å². The first-order chi connectivity index (χ1) is 10.3.